The Kier molecular flexibility index (Phi) is 6.52. The molecule has 0 aliphatic carbocycles. The van der Waals surface area contributed by atoms with Gasteiger partial charge in [0.1, 0.15) is 0 Å². The molecule has 0 saturated carbocycles. The topological polar surface area (TPSA) is 17.1 Å². The summed E-state index contributed by atoms with van der Waals surface area (Å²) in [6.45, 7) is 0. The van der Waals surface area contributed by atoms with E-state index in [1.807, 2.05) is 18.2 Å². The first-order chi connectivity index (χ1) is 14.8. The van der Waals surface area contributed by atoms with Gasteiger partial charge in [-0.1, -0.05) is 0 Å². The van der Waals surface area contributed by atoms with Gasteiger partial charge in [-0.2, -0.15) is 0 Å². The molecule has 0 fully saturated rings. The van der Waals surface area contributed by atoms with Crippen molar-refractivity contribution in [3.05, 3.63) is 127 Å². The number of ketones is 1. The van der Waals surface area contributed by atoms with Gasteiger partial charge < -0.3 is 0 Å². The van der Waals surface area contributed by atoms with Crippen LogP contribution in [0.3, 0.4) is 0 Å². The van der Waals surface area contributed by atoms with Crippen molar-refractivity contribution < 1.29 is 4.79 Å². The quantitative estimate of drug-likeness (QED) is 0.377. The fourth-order valence-electron chi connectivity index (χ4n) is 4.29. The number of carbonyl (C=O) groups excluding carboxylic acids is 1. The summed E-state index contributed by atoms with van der Waals surface area (Å²) in [7, 11) is -2.47. The van der Waals surface area contributed by atoms with Crippen LogP contribution in [-0.4, -0.2) is 11.9 Å². The monoisotopic (exact) mass is 410 g/mol. The molecule has 4 aromatic carbocycles. The normalized spacial score (nSPS) is 11.7. The van der Waals surface area contributed by atoms with E-state index in [0.29, 0.717) is 18.4 Å². The Hall–Kier alpha value is -3.02. The minimum absolute atomic E-state index is 0.335. The van der Waals surface area contributed by atoms with Crippen molar-refractivity contribution in [3.8, 4) is 0 Å². The first-order valence-electron chi connectivity index (χ1n) is 10.5. The molecule has 0 aliphatic heterocycles. The van der Waals surface area contributed by atoms with Gasteiger partial charge in [-0.15, -0.1) is 0 Å². The van der Waals surface area contributed by atoms with Crippen molar-refractivity contribution in [3.63, 3.8) is 0 Å². The molecule has 1 nitrogen and oxygen atoms in total. The van der Waals surface area contributed by atoms with Crippen LogP contribution in [0.5, 0.6) is 0 Å². The molecule has 4 rings (SSSR count). The average molecular weight is 410 g/mol. The van der Waals surface area contributed by atoms with Gasteiger partial charge in [-0.25, -0.2) is 0 Å². The molecule has 0 N–H and O–H groups in total. The van der Waals surface area contributed by atoms with E-state index in [-0.39, 0.29) is 0 Å². The molecule has 4 aromatic rings. The molecule has 0 atom stereocenters. The van der Waals surface area contributed by atoms with Gasteiger partial charge in [0.05, 0.1) is 0 Å². The molecule has 2 heteroatoms. The van der Waals surface area contributed by atoms with E-state index in [0.717, 1.165) is 6.42 Å². The molecular formula is C28H27OP. The maximum absolute atomic E-state index is 13.4. The molecule has 150 valence electrons. The standard InChI is InChI=1S/C28H27OP/c29-25(22-21-24-13-5-1-6-14-24)23-30(26-15-7-2-8-16-26,27-17-9-3-10-18-27)28-19-11-4-12-20-28/h1-20,30H,21-23H2. The van der Waals surface area contributed by atoms with Crippen LogP contribution >= 0.6 is 7.26 Å². The summed E-state index contributed by atoms with van der Waals surface area (Å²) in [5.74, 6) is 0.335. The van der Waals surface area contributed by atoms with Gasteiger partial charge in [0, 0.05) is 0 Å². The molecule has 0 heterocycles. The summed E-state index contributed by atoms with van der Waals surface area (Å²) in [6, 6.07) is 42.2. The Balaban J connectivity index is 1.76. The van der Waals surface area contributed by atoms with Crippen molar-refractivity contribution in [2.45, 2.75) is 12.8 Å². The van der Waals surface area contributed by atoms with Crippen LogP contribution in [0.4, 0.5) is 0 Å². The molecule has 0 amide bonds. The first-order valence-corrected chi connectivity index (χ1v) is 12.7. The predicted molar refractivity (Wildman–Crippen MR) is 131 cm³/mol. The van der Waals surface area contributed by atoms with E-state index in [1.165, 1.54) is 21.5 Å². The summed E-state index contributed by atoms with van der Waals surface area (Å²) in [6.07, 6.45) is 1.95. The molecule has 0 bridgehead atoms. The molecular weight excluding hydrogens is 383 g/mol. The number of Topliss-reactive ketones (excluding diaryl/α,β-unsaturated/α-hetero) is 1. The van der Waals surface area contributed by atoms with Gasteiger partial charge in [-0.05, 0) is 0 Å². The van der Waals surface area contributed by atoms with E-state index in [9.17, 15) is 4.79 Å². The third kappa shape index (κ3) is 4.42. The van der Waals surface area contributed by atoms with Gasteiger partial charge in [0.15, 0.2) is 0 Å². The minimum atomic E-state index is -2.47. The molecule has 0 unspecified atom stereocenters. The Morgan fingerprint density at radius 3 is 1.30 bits per heavy atom. The number of aryl methyl sites for hydroxylation is 1. The number of hydrogen-bond acceptors (Lipinski definition) is 1. The van der Waals surface area contributed by atoms with Crippen molar-refractivity contribution in [2.75, 3.05) is 6.16 Å². The second-order valence-corrected chi connectivity index (χ2v) is 11.6. The number of rotatable bonds is 8. The van der Waals surface area contributed by atoms with E-state index in [1.54, 1.807) is 0 Å². The molecule has 0 radical (unpaired) electrons. The van der Waals surface area contributed by atoms with Gasteiger partial charge in [-0.3, -0.25) is 0 Å². The summed E-state index contributed by atoms with van der Waals surface area (Å²) < 4.78 is 0. The summed E-state index contributed by atoms with van der Waals surface area (Å²) >= 11 is 0. The van der Waals surface area contributed by atoms with Crippen molar-refractivity contribution >= 4 is 29.0 Å². The second-order valence-electron chi connectivity index (χ2n) is 7.70. The Morgan fingerprint density at radius 1 is 0.533 bits per heavy atom. The van der Waals surface area contributed by atoms with Crippen LogP contribution in [0.1, 0.15) is 12.0 Å². The van der Waals surface area contributed by atoms with Crippen molar-refractivity contribution in [1.82, 2.24) is 0 Å². The molecule has 0 saturated heterocycles. The molecule has 0 aliphatic rings. The van der Waals surface area contributed by atoms with Crippen molar-refractivity contribution in [2.24, 2.45) is 0 Å². The molecule has 0 spiro atoms. The van der Waals surface area contributed by atoms with Gasteiger partial charge >= 0.3 is 180 Å². The van der Waals surface area contributed by atoms with Crippen LogP contribution < -0.4 is 15.9 Å². The maximum atomic E-state index is 13.4. The van der Waals surface area contributed by atoms with E-state index in [2.05, 4.69) is 103 Å². The second kappa shape index (κ2) is 9.65. The summed E-state index contributed by atoms with van der Waals surface area (Å²) in [4.78, 5) is 13.4. The van der Waals surface area contributed by atoms with Crippen LogP contribution in [0.15, 0.2) is 121 Å². The number of benzene rings is 4. The van der Waals surface area contributed by atoms with E-state index in [4.69, 9.17) is 0 Å². The molecule has 30 heavy (non-hydrogen) atoms. The third-order valence-corrected chi connectivity index (χ3v) is 10.7. The Labute approximate surface area is 179 Å². The van der Waals surface area contributed by atoms with Gasteiger partial charge in [0.2, 0.25) is 0 Å². The van der Waals surface area contributed by atoms with Crippen LogP contribution in [-0.2, 0) is 11.2 Å². The van der Waals surface area contributed by atoms with Crippen molar-refractivity contribution in [1.29, 1.82) is 0 Å². The SMILES string of the molecule is O=C(CCc1ccccc1)C[PH](c1ccccc1)(c1ccccc1)c1ccccc1. The molecule has 0 aromatic heterocycles. The zero-order chi connectivity index (χ0) is 20.7. The zero-order valence-corrected chi connectivity index (χ0v) is 18.1. The third-order valence-electron chi connectivity index (χ3n) is 5.80. The number of hydrogen-bond donors (Lipinski definition) is 0. The first kappa shape index (κ1) is 20.3. The predicted octanol–water partition coefficient (Wildman–Crippen LogP) is 4.91. The van der Waals surface area contributed by atoms with Gasteiger partial charge in [0.25, 0.3) is 0 Å². The fraction of sp³-hybridized carbons (Fsp3) is 0.107. The van der Waals surface area contributed by atoms with Crippen LogP contribution in [0.2, 0.25) is 0 Å². The van der Waals surface area contributed by atoms with Crippen LogP contribution in [0, 0.1) is 0 Å². The van der Waals surface area contributed by atoms with Crippen LogP contribution in [0.25, 0.3) is 0 Å². The van der Waals surface area contributed by atoms with E-state index < -0.39 is 7.26 Å². The summed E-state index contributed by atoms with van der Waals surface area (Å²) in [5.41, 5.74) is 1.22. The summed E-state index contributed by atoms with van der Waals surface area (Å²) in [5, 5.41) is 3.86. The number of carbonyl (C=O) groups is 1. The van der Waals surface area contributed by atoms with E-state index >= 15 is 0 Å². The Morgan fingerprint density at radius 2 is 0.900 bits per heavy atom. The average Bonchev–Trinajstić information content (AvgIpc) is 2.83. The zero-order valence-electron chi connectivity index (χ0n) is 17.1. The Bertz CT molecular complexity index is 964. The fourth-order valence-corrected chi connectivity index (χ4v) is 8.95.